The molecule has 0 radical (unpaired) electrons. The average molecular weight is 274 g/mol. The van der Waals surface area contributed by atoms with Gasteiger partial charge >= 0.3 is 0 Å². The Morgan fingerprint density at radius 1 is 1.44 bits per heavy atom. The van der Waals surface area contributed by atoms with Crippen LogP contribution in [0.1, 0.15) is 31.7 Å². The van der Waals surface area contributed by atoms with Crippen molar-refractivity contribution >= 4 is 10.0 Å². The van der Waals surface area contributed by atoms with Gasteiger partial charge in [-0.15, -0.1) is 0 Å². The lowest BCUT2D eigenvalue weighted by Gasteiger charge is -2.23. The lowest BCUT2D eigenvalue weighted by molar-refractivity contribution is 0.456. The van der Waals surface area contributed by atoms with Crippen LogP contribution < -0.4 is 10.5 Å². The molecule has 6 heteroatoms. The van der Waals surface area contributed by atoms with E-state index in [2.05, 4.69) is 5.32 Å². The number of halogens is 1. The molecule has 1 aromatic carbocycles. The number of primary sulfonamides is 1. The Bertz CT molecular complexity index is 513. The van der Waals surface area contributed by atoms with E-state index in [1.54, 1.807) is 0 Å². The molecule has 3 N–H and O–H groups in total. The van der Waals surface area contributed by atoms with Gasteiger partial charge in [-0.1, -0.05) is 19.9 Å². The molecule has 0 bridgehead atoms. The lowest BCUT2D eigenvalue weighted by atomic mass is 9.91. The molecule has 0 spiro atoms. The normalized spacial score (nSPS) is 15.4. The van der Waals surface area contributed by atoms with Gasteiger partial charge in [-0.05, 0) is 37.1 Å². The Morgan fingerprint density at radius 3 is 2.44 bits per heavy atom. The van der Waals surface area contributed by atoms with Gasteiger partial charge in [0, 0.05) is 6.04 Å². The molecule has 18 heavy (non-hydrogen) atoms. The van der Waals surface area contributed by atoms with Crippen LogP contribution in [0.2, 0.25) is 0 Å². The quantitative estimate of drug-likeness (QED) is 0.856. The van der Waals surface area contributed by atoms with E-state index in [-0.39, 0.29) is 16.9 Å². The number of nitrogens with one attached hydrogen (secondary N) is 1. The predicted molar refractivity (Wildman–Crippen MR) is 69.3 cm³/mol. The van der Waals surface area contributed by atoms with Crippen LogP contribution >= 0.6 is 0 Å². The van der Waals surface area contributed by atoms with E-state index in [9.17, 15) is 12.8 Å². The third kappa shape index (κ3) is 3.28. The Labute approximate surface area is 107 Å². The van der Waals surface area contributed by atoms with Crippen LogP contribution in [-0.2, 0) is 10.0 Å². The Balaban J connectivity index is 3.13. The topological polar surface area (TPSA) is 72.2 Å². The van der Waals surface area contributed by atoms with Gasteiger partial charge in [-0.3, -0.25) is 0 Å². The fourth-order valence-electron chi connectivity index (χ4n) is 2.08. The number of likely N-dealkylation sites (N-methyl/N-ethyl adjacent to an activating group) is 1. The molecule has 0 fully saturated rings. The molecule has 102 valence electrons. The number of benzene rings is 1. The molecule has 0 aliphatic rings. The van der Waals surface area contributed by atoms with E-state index < -0.39 is 15.8 Å². The maximum absolute atomic E-state index is 13.9. The highest BCUT2D eigenvalue weighted by Crippen LogP contribution is 2.25. The molecule has 0 saturated carbocycles. The molecule has 1 rings (SSSR count). The van der Waals surface area contributed by atoms with Crippen LogP contribution in [0.4, 0.5) is 4.39 Å². The first kappa shape index (κ1) is 15.1. The second-order valence-electron chi connectivity index (χ2n) is 4.32. The first-order chi connectivity index (χ1) is 8.31. The largest absolute Gasteiger partial charge is 0.316 e. The molecule has 2 atom stereocenters. The van der Waals surface area contributed by atoms with Crippen LogP contribution in [0.15, 0.2) is 23.1 Å². The lowest BCUT2D eigenvalue weighted by Crippen LogP contribution is -2.30. The van der Waals surface area contributed by atoms with Gasteiger partial charge in [0.25, 0.3) is 0 Å². The summed E-state index contributed by atoms with van der Waals surface area (Å²) in [6.45, 7) is 3.91. The van der Waals surface area contributed by atoms with Crippen LogP contribution in [0.3, 0.4) is 0 Å². The van der Waals surface area contributed by atoms with Crippen molar-refractivity contribution < 1.29 is 12.8 Å². The Kier molecular flexibility index (Phi) is 4.84. The monoisotopic (exact) mass is 274 g/mol. The van der Waals surface area contributed by atoms with E-state index in [0.717, 1.165) is 12.5 Å². The number of nitrogens with two attached hydrogens (primary N) is 1. The highest BCUT2D eigenvalue weighted by Gasteiger charge is 2.20. The maximum atomic E-state index is 13.9. The van der Waals surface area contributed by atoms with Gasteiger partial charge in [0.2, 0.25) is 10.0 Å². The average Bonchev–Trinajstić information content (AvgIpc) is 2.29. The number of hydrogen-bond acceptors (Lipinski definition) is 3. The molecular formula is C12H19FN2O2S. The molecule has 0 amide bonds. The second-order valence-corrected chi connectivity index (χ2v) is 5.88. The van der Waals surface area contributed by atoms with Gasteiger partial charge in [0.15, 0.2) is 0 Å². The number of sulfonamides is 1. The zero-order valence-corrected chi connectivity index (χ0v) is 11.6. The van der Waals surface area contributed by atoms with E-state index in [0.29, 0.717) is 5.56 Å². The van der Waals surface area contributed by atoms with Crippen LogP contribution in [0.25, 0.3) is 0 Å². The fourth-order valence-corrected chi connectivity index (χ4v) is 2.60. The minimum absolute atomic E-state index is 0.0467. The Morgan fingerprint density at radius 2 is 2.06 bits per heavy atom. The van der Waals surface area contributed by atoms with E-state index in [1.807, 2.05) is 20.9 Å². The summed E-state index contributed by atoms with van der Waals surface area (Å²) < 4.78 is 36.1. The molecular weight excluding hydrogens is 255 g/mol. The summed E-state index contributed by atoms with van der Waals surface area (Å²) in [6.07, 6.45) is 0.855. The zero-order valence-electron chi connectivity index (χ0n) is 10.8. The van der Waals surface area contributed by atoms with Crippen molar-refractivity contribution in [3.8, 4) is 0 Å². The van der Waals surface area contributed by atoms with Gasteiger partial charge < -0.3 is 5.32 Å². The molecule has 0 saturated heterocycles. The molecule has 2 unspecified atom stereocenters. The summed E-state index contributed by atoms with van der Waals surface area (Å²) in [5.41, 5.74) is 0.489. The van der Waals surface area contributed by atoms with Crippen LogP contribution in [-0.4, -0.2) is 21.5 Å². The summed E-state index contributed by atoms with van der Waals surface area (Å²) in [7, 11) is -2.03. The van der Waals surface area contributed by atoms with Crippen molar-refractivity contribution in [1.82, 2.24) is 5.32 Å². The molecule has 0 aliphatic carbocycles. The molecule has 4 nitrogen and oxygen atoms in total. The van der Waals surface area contributed by atoms with Crippen molar-refractivity contribution in [3.05, 3.63) is 29.6 Å². The smallest absolute Gasteiger partial charge is 0.238 e. The molecule has 0 aromatic heterocycles. The first-order valence-electron chi connectivity index (χ1n) is 5.80. The summed E-state index contributed by atoms with van der Waals surface area (Å²) >= 11 is 0. The summed E-state index contributed by atoms with van der Waals surface area (Å²) in [6, 6.07) is 3.94. The zero-order chi connectivity index (χ0) is 13.9. The summed E-state index contributed by atoms with van der Waals surface area (Å²) in [4.78, 5) is -0.201. The highest BCUT2D eigenvalue weighted by molar-refractivity contribution is 7.89. The van der Waals surface area contributed by atoms with Crippen molar-refractivity contribution in [2.45, 2.75) is 37.1 Å². The number of hydrogen-bond donors (Lipinski definition) is 2. The highest BCUT2D eigenvalue weighted by atomic mass is 32.2. The van der Waals surface area contributed by atoms with Crippen molar-refractivity contribution in [2.75, 3.05) is 7.05 Å². The van der Waals surface area contributed by atoms with E-state index >= 15 is 0 Å². The van der Waals surface area contributed by atoms with Crippen LogP contribution in [0.5, 0.6) is 0 Å². The molecule has 0 aliphatic heterocycles. The van der Waals surface area contributed by atoms with Crippen molar-refractivity contribution in [2.24, 2.45) is 5.14 Å². The van der Waals surface area contributed by atoms with Crippen molar-refractivity contribution in [3.63, 3.8) is 0 Å². The minimum Gasteiger partial charge on any atom is -0.316 e. The predicted octanol–water partition coefficient (Wildman–Crippen LogP) is 1.57. The van der Waals surface area contributed by atoms with Gasteiger partial charge in [0.1, 0.15) is 5.82 Å². The third-order valence-corrected chi connectivity index (χ3v) is 4.12. The fraction of sp³-hybridized carbons (Fsp3) is 0.500. The summed E-state index contributed by atoms with van der Waals surface area (Å²) in [5, 5.41) is 8.07. The maximum Gasteiger partial charge on any atom is 0.238 e. The third-order valence-electron chi connectivity index (χ3n) is 3.21. The van der Waals surface area contributed by atoms with Crippen molar-refractivity contribution in [1.29, 1.82) is 0 Å². The standard InChI is InChI=1S/C12H19FN2O2S/c1-4-12(15-3)8(2)10-6-5-9(7-11(10)13)18(14,16)17/h5-8,12,15H,4H2,1-3H3,(H2,14,16,17). The van der Waals surface area contributed by atoms with Gasteiger partial charge in [0.05, 0.1) is 4.90 Å². The minimum atomic E-state index is -3.85. The van der Waals surface area contributed by atoms with Gasteiger partial charge in [-0.25, -0.2) is 17.9 Å². The van der Waals surface area contributed by atoms with E-state index in [4.69, 9.17) is 5.14 Å². The SMILES string of the molecule is CCC(NC)C(C)c1ccc(S(N)(=O)=O)cc1F. The molecule has 1 aromatic rings. The summed E-state index contributed by atoms with van der Waals surface area (Å²) in [5.74, 6) is -0.586. The Hall–Kier alpha value is -0.980. The van der Waals surface area contributed by atoms with E-state index in [1.165, 1.54) is 12.1 Å². The first-order valence-corrected chi connectivity index (χ1v) is 7.35. The van der Waals surface area contributed by atoms with Crippen LogP contribution in [0, 0.1) is 5.82 Å². The van der Waals surface area contributed by atoms with Gasteiger partial charge in [-0.2, -0.15) is 0 Å². The number of rotatable bonds is 5. The molecule has 0 heterocycles. The second kappa shape index (κ2) is 5.77.